The highest BCUT2D eigenvalue weighted by molar-refractivity contribution is 5.94. The Hall–Kier alpha value is -3.40. The van der Waals surface area contributed by atoms with E-state index < -0.39 is 0 Å². The van der Waals surface area contributed by atoms with Crippen LogP contribution in [-0.2, 0) is 4.79 Å². The molecule has 0 spiro atoms. The fourth-order valence-corrected chi connectivity index (χ4v) is 1.90. The summed E-state index contributed by atoms with van der Waals surface area (Å²) in [6.45, 7) is 14.8. The van der Waals surface area contributed by atoms with Gasteiger partial charge >= 0.3 is 0 Å². The molecule has 1 rings (SSSR count). The van der Waals surface area contributed by atoms with Gasteiger partial charge in [-0.2, -0.15) is 0 Å². The van der Waals surface area contributed by atoms with Gasteiger partial charge in [-0.25, -0.2) is 0 Å². The third-order valence-electron chi connectivity index (χ3n) is 3.11. The summed E-state index contributed by atoms with van der Waals surface area (Å²) in [5.74, 6) is -0.164. The van der Waals surface area contributed by atoms with Crippen molar-refractivity contribution in [2.45, 2.75) is 0 Å². The van der Waals surface area contributed by atoms with Crippen molar-refractivity contribution in [1.29, 1.82) is 0 Å². The first-order valence-electron chi connectivity index (χ1n) is 7.70. The molecule has 2 N–H and O–H groups in total. The molecule has 0 aliphatic rings. The Labute approximate surface area is 149 Å². The van der Waals surface area contributed by atoms with Crippen LogP contribution in [0.25, 0.3) is 6.08 Å². The van der Waals surface area contributed by atoms with E-state index in [1.807, 2.05) is 30.4 Å². The van der Waals surface area contributed by atoms with Crippen LogP contribution in [0.2, 0.25) is 0 Å². The lowest BCUT2D eigenvalue weighted by molar-refractivity contribution is -0.115. The summed E-state index contributed by atoms with van der Waals surface area (Å²) in [5.41, 5.74) is 3.21. The highest BCUT2D eigenvalue weighted by Gasteiger charge is 2.04. The lowest BCUT2D eigenvalue weighted by atomic mass is 10.1. The van der Waals surface area contributed by atoms with E-state index in [0.717, 1.165) is 16.8 Å². The van der Waals surface area contributed by atoms with Gasteiger partial charge in [0, 0.05) is 29.4 Å². The van der Waals surface area contributed by atoms with Crippen molar-refractivity contribution in [1.82, 2.24) is 5.32 Å². The van der Waals surface area contributed by atoms with E-state index in [4.69, 9.17) is 0 Å². The number of nitrogens with one attached hydrogen (secondary N) is 2. The van der Waals surface area contributed by atoms with Gasteiger partial charge in [-0.05, 0) is 29.8 Å². The van der Waals surface area contributed by atoms with Gasteiger partial charge in [0.1, 0.15) is 0 Å². The summed E-state index contributed by atoms with van der Waals surface area (Å²) < 4.78 is 0. The van der Waals surface area contributed by atoms with Crippen LogP contribution in [0.1, 0.15) is 11.1 Å². The van der Waals surface area contributed by atoms with Crippen LogP contribution < -0.4 is 10.6 Å². The zero-order valence-corrected chi connectivity index (χ0v) is 14.2. The summed E-state index contributed by atoms with van der Waals surface area (Å²) in [6, 6.07) is 5.51. The number of rotatable bonds is 10. The topological polar surface area (TPSA) is 53.5 Å². The van der Waals surface area contributed by atoms with Gasteiger partial charge in [0.25, 0.3) is 0 Å². The SMILES string of the molecule is C=C/C=C\C=C(/C=C)NCC(=O)Nc1ccc(C=NC=C)c(C=C)c1. The predicted molar refractivity (Wildman–Crippen MR) is 109 cm³/mol. The molecule has 0 bridgehead atoms. The average Bonchev–Trinajstić information content (AvgIpc) is 2.63. The van der Waals surface area contributed by atoms with Crippen molar-refractivity contribution in [3.8, 4) is 0 Å². The van der Waals surface area contributed by atoms with Gasteiger partial charge < -0.3 is 10.6 Å². The molecule has 0 atom stereocenters. The smallest absolute Gasteiger partial charge is 0.243 e. The molecule has 4 nitrogen and oxygen atoms in total. The molecule has 1 amide bonds. The number of hydrogen-bond donors (Lipinski definition) is 2. The highest BCUT2D eigenvalue weighted by Crippen LogP contribution is 2.16. The van der Waals surface area contributed by atoms with Crippen molar-refractivity contribution in [3.63, 3.8) is 0 Å². The first kappa shape index (κ1) is 19.6. The van der Waals surface area contributed by atoms with Gasteiger partial charge in [-0.3, -0.25) is 9.79 Å². The number of carbonyl (C=O) groups is 1. The first-order valence-corrected chi connectivity index (χ1v) is 7.70. The van der Waals surface area contributed by atoms with Crippen LogP contribution in [0.15, 0.2) is 91.8 Å². The van der Waals surface area contributed by atoms with E-state index in [9.17, 15) is 4.79 Å². The van der Waals surface area contributed by atoms with Crippen LogP contribution >= 0.6 is 0 Å². The molecule has 0 aromatic heterocycles. The maximum atomic E-state index is 12.1. The Morgan fingerprint density at radius 2 is 1.92 bits per heavy atom. The monoisotopic (exact) mass is 333 g/mol. The van der Waals surface area contributed by atoms with Crippen LogP contribution in [0.4, 0.5) is 5.69 Å². The minimum Gasteiger partial charge on any atom is -0.376 e. The second-order valence-corrected chi connectivity index (χ2v) is 4.86. The molecular weight excluding hydrogens is 310 g/mol. The molecule has 0 fully saturated rings. The van der Waals surface area contributed by atoms with Crippen molar-refractivity contribution in [2.24, 2.45) is 4.99 Å². The molecule has 25 heavy (non-hydrogen) atoms. The molecule has 0 heterocycles. The second kappa shape index (κ2) is 11.2. The highest BCUT2D eigenvalue weighted by atomic mass is 16.1. The van der Waals surface area contributed by atoms with E-state index in [1.54, 1.807) is 30.5 Å². The van der Waals surface area contributed by atoms with Crippen LogP contribution in [0.3, 0.4) is 0 Å². The van der Waals surface area contributed by atoms with E-state index in [2.05, 4.69) is 41.9 Å². The molecule has 0 saturated carbocycles. The van der Waals surface area contributed by atoms with Crippen molar-refractivity contribution < 1.29 is 4.79 Å². The second-order valence-electron chi connectivity index (χ2n) is 4.86. The summed E-state index contributed by atoms with van der Waals surface area (Å²) >= 11 is 0. The number of benzene rings is 1. The lowest BCUT2D eigenvalue weighted by Gasteiger charge is -2.10. The zero-order chi connectivity index (χ0) is 18.5. The number of carbonyl (C=O) groups excluding carboxylic acids is 1. The summed E-state index contributed by atoms with van der Waals surface area (Å²) in [4.78, 5) is 16.1. The molecular formula is C21H23N3O. The lowest BCUT2D eigenvalue weighted by Crippen LogP contribution is -2.27. The van der Waals surface area contributed by atoms with Crippen molar-refractivity contribution in [3.05, 3.63) is 97.9 Å². The minimum absolute atomic E-state index is 0.128. The fraction of sp³-hybridized carbons (Fsp3) is 0.0476. The fourth-order valence-electron chi connectivity index (χ4n) is 1.90. The first-order chi connectivity index (χ1) is 12.1. The Morgan fingerprint density at radius 1 is 1.12 bits per heavy atom. The molecule has 0 aliphatic heterocycles. The standard InChI is InChI=1S/C21H23N3O/c1-5-9-10-11-19(7-3)23-16-21(25)24-20-13-12-18(15-22-8-4)17(6-2)14-20/h5-15,23H,1-4,16H2,(H,24,25)/b10-9-,19-11+,22-15?. The number of amides is 1. The molecule has 1 aromatic carbocycles. The zero-order valence-electron chi connectivity index (χ0n) is 14.2. The number of anilines is 1. The van der Waals surface area contributed by atoms with Gasteiger partial charge in [0.05, 0.1) is 6.54 Å². The number of hydrogen-bond acceptors (Lipinski definition) is 3. The minimum atomic E-state index is -0.164. The Morgan fingerprint density at radius 3 is 2.56 bits per heavy atom. The van der Waals surface area contributed by atoms with E-state index in [0.29, 0.717) is 5.69 Å². The maximum Gasteiger partial charge on any atom is 0.243 e. The van der Waals surface area contributed by atoms with Crippen LogP contribution in [-0.4, -0.2) is 18.7 Å². The van der Waals surface area contributed by atoms with Crippen molar-refractivity contribution in [2.75, 3.05) is 11.9 Å². The normalized spacial score (nSPS) is 11.3. The number of allylic oxidation sites excluding steroid dienone is 5. The van der Waals surface area contributed by atoms with E-state index >= 15 is 0 Å². The van der Waals surface area contributed by atoms with Crippen LogP contribution in [0, 0.1) is 0 Å². The van der Waals surface area contributed by atoms with Crippen molar-refractivity contribution >= 4 is 23.9 Å². The number of nitrogens with zero attached hydrogens (tertiary/aromatic N) is 1. The van der Waals surface area contributed by atoms with Gasteiger partial charge in [-0.1, -0.05) is 56.7 Å². The largest absolute Gasteiger partial charge is 0.376 e. The van der Waals surface area contributed by atoms with Gasteiger partial charge in [0.15, 0.2) is 0 Å². The summed E-state index contributed by atoms with van der Waals surface area (Å²) in [5, 5.41) is 5.85. The third-order valence-corrected chi connectivity index (χ3v) is 3.11. The maximum absolute atomic E-state index is 12.1. The van der Waals surface area contributed by atoms with Gasteiger partial charge in [0.2, 0.25) is 5.91 Å². The molecule has 128 valence electrons. The number of aliphatic imine (C=N–C) groups is 1. The molecule has 0 aliphatic carbocycles. The average molecular weight is 333 g/mol. The molecule has 1 aromatic rings. The molecule has 0 unspecified atom stereocenters. The quantitative estimate of drug-likeness (QED) is 0.497. The molecule has 0 saturated heterocycles. The summed E-state index contributed by atoms with van der Waals surface area (Å²) in [6.07, 6.45) is 13.6. The van der Waals surface area contributed by atoms with Crippen LogP contribution in [0.5, 0.6) is 0 Å². The Balaban J connectivity index is 2.72. The van der Waals surface area contributed by atoms with E-state index in [-0.39, 0.29) is 12.5 Å². The third kappa shape index (κ3) is 7.14. The summed E-state index contributed by atoms with van der Waals surface area (Å²) in [7, 11) is 0. The molecule has 4 heteroatoms. The van der Waals surface area contributed by atoms with Gasteiger partial charge in [-0.15, -0.1) is 0 Å². The molecule has 0 radical (unpaired) electrons. The Bertz CT molecular complexity index is 740. The Kier molecular flexibility index (Phi) is 8.79. The predicted octanol–water partition coefficient (Wildman–Crippen LogP) is 4.23. The van der Waals surface area contributed by atoms with E-state index in [1.165, 1.54) is 6.20 Å².